The van der Waals surface area contributed by atoms with Gasteiger partial charge in [-0.2, -0.15) is 0 Å². The molecule has 0 fully saturated rings. The Balaban J connectivity index is 3.09. The van der Waals surface area contributed by atoms with Crippen molar-refractivity contribution >= 4 is 22.0 Å². The van der Waals surface area contributed by atoms with Crippen LogP contribution in [-0.4, -0.2) is 14.3 Å². The van der Waals surface area contributed by atoms with Gasteiger partial charge in [-0.1, -0.05) is 12.1 Å². The van der Waals surface area contributed by atoms with Crippen LogP contribution in [-0.2, 0) is 14.8 Å². The van der Waals surface area contributed by atoms with Crippen molar-refractivity contribution in [1.82, 2.24) is 0 Å². The molecule has 5 nitrogen and oxygen atoms in total. The third kappa shape index (κ3) is 3.53. The molecule has 15 heavy (non-hydrogen) atoms. The van der Waals surface area contributed by atoms with Gasteiger partial charge in [0.25, 0.3) is 0 Å². The first-order valence-corrected chi connectivity index (χ1v) is 5.54. The average Bonchev–Trinajstić information content (AvgIpc) is 2.14. The van der Waals surface area contributed by atoms with Crippen molar-refractivity contribution < 1.29 is 13.2 Å². The number of nitrogens with two attached hydrogens (primary N) is 2. The summed E-state index contributed by atoms with van der Waals surface area (Å²) >= 11 is 0. The van der Waals surface area contributed by atoms with Crippen molar-refractivity contribution in [3.63, 3.8) is 0 Å². The van der Waals surface area contributed by atoms with Crippen LogP contribution >= 0.6 is 0 Å². The highest BCUT2D eigenvalue weighted by atomic mass is 32.2. The highest BCUT2D eigenvalue weighted by Gasteiger charge is 2.06. The van der Waals surface area contributed by atoms with Crippen molar-refractivity contribution in [3.05, 3.63) is 35.9 Å². The van der Waals surface area contributed by atoms with Gasteiger partial charge < -0.3 is 5.73 Å². The molecule has 0 aromatic heterocycles. The molecule has 0 spiro atoms. The molecule has 0 heterocycles. The van der Waals surface area contributed by atoms with Gasteiger partial charge in [-0.15, -0.1) is 0 Å². The second-order valence-electron chi connectivity index (χ2n) is 2.85. The van der Waals surface area contributed by atoms with Gasteiger partial charge in [-0.3, -0.25) is 4.79 Å². The van der Waals surface area contributed by atoms with Crippen molar-refractivity contribution in [2.45, 2.75) is 4.90 Å². The van der Waals surface area contributed by atoms with Crippen molar-refractivity contribution in [2.75, 3.05) is 0 Å². The molecule has 4 N–H and O–H groups in total. The Labute approximate surface area is 87.4 Å². The lowest BCUT2D eigenvalue weighted by Gasteiger charge is -1.98. The Bertz CT molecular complexity index is 506. The van der Waals surface area contributed by atoms with Crippen LogP contribution in [0.15, 0.2) is 35.2 Å². The maximum absolute atomic E-state index is 11.0. The normalized spacial score (nSPS) is 11.8. The van der Waals surface area contributed by atoms with E-state index >= 15 is 0 Å². The Hall–Kier alpha value is -1.66. The SMILES string of the molecule is NC(=O)C=Cc1cccc(S(N)(=O)=O)c1. The van der Waals surface area contributed by atoms with Gasteiger partial charge in [0.1, 0.15) is 0 Å². The summed E-state index contributed by atoms with van der Waals surface area (Å²) in [6.45, 7) is 0. The molecule has 1 rings (SSSR count). The first-order chi connectivity index (χ1) is 6.89. The number of rotatable bonds is 3. The summed E-state index contributed by atoms with van der Waals surface area (Å²) in [6.07, 6.45) is 2.55. The summed E-state index contributed by atoms with van der Waals surface area (Å²) in [5, 5.41) is 4.94. The third-order valence-electron chi connectivity index (χ3n) is 1.63. The van der Waals surface area contributed by atoms with Crippen LogP contribution in [0.1, 0.15) is 5.56 Å². The number of primary amides is 1. The van der Waals surface area contributed by atoms with E-state index in [4.69, 9.17) is 10.9 Å². The van der Waals surface area contributed by atoms with Gasteiger partial charge in [0.2, 0.25) is 15.9 Å². The lowest BCUT2D eigenvalue weighted by atomic mass is 10.2. The fourth-order valence-electron chi connectivity index (χ4n) is 0.974. The van der Waals surface area contributed by atoms with Crippen LogP contribution in [0, 0.1) is 0 Å². The summed E-state index contributed by atoms with van der Waals surface area (Å²) in [4.78, 5) is 10.4. The molecule has 1 aromatic rings. The number of carbonyl (C=O) groups is 1. The molecule has 1 amide bonds. The van der Waals surface area contributed by atoms with E-state index in [1.165, 1.54) is 24.3 Å². The Kier molecular flexibility index (Phi) is 3.23. The van der Waals surface area contributed by atoms with Crippen LogP contribution in [0.25, 0.3) is 6.08 Å². The Morgan fingerprint density at radius 2 is 2.00 bits per heavy atom. The number of carbonyl (C=O) groups excluding carboxylic acids is 1. The summed E-state index contributed by atoms with van der Waals surface area (Å²) in [6, 6.07) is 5.89. The quantitative estimate of drug-likeness (QED) is 0.699. The first-order valence-electron chi connectivity index (χ1n) is 4.00. The Morgan fingerprint density at radius 3 is 2.53 bits per heavy atom. The zero-order valence-corrected chi connectivity index (χ0v) is 8.57. The monoisotopic (exact) mass is 226 g/mol. The number of benzene rings is 1. The van der Waals surface area contributed by atoms with Crippen molar-refractivity contribution in [2.24, 2.45) is 10.9 Å². The topological polar surface area (TPSA) is 103 Å². The van der Waals surface area contributed by atoms with Gasteiger partial charge in [0.05, 0.1) is 4.90 Å². The molecule has 0 unspecified atom stereocenters. The van der Waals surface area contributed by atoms with Gasteiger partial charge in [-0.25, -0.2) is 13.6 Å². The minimum Gasteiger partial charge on any atom is -0.366 e. The molecule has 1 aromatic carbocycles. The lowest BCUT2D eigenvalue weighted by molar-refractivity contribution is -0.113. The smallest absolute Gasteiger partial charge is 0.241 e. The average molecular weight is 226 g/mol. The molecule has 0 aliphatic carbocycles. The number of sulfonamides is 1. The maximum atomic E-state index is 11.0. The van der Waals surface area contributed by atoms with E-state index in [2.05, 4.69) is 0 Å². The summed E-state index contributed by atoms with van der Waals surface area (Å²) < 4.78 is 22.0. The minimum atomic E-state index is -3.71. The van der Waals surface area contributed by atoms with E-state index in [1.54, 1.807) is 6.07 Å². The van der Waals surface area contributed by atoms with Crippen molar-refractivity contribution in [1.29, 1.82) is 0 Å². The number of amides is 1. The molecule has 0 aliphatic heterocycles. The first kappa shape index (κ1) is 11.4. The lowest BCUT2D eigenvalue weighted by Crippen LogP contribution is -2.12. The van der Waals surface area contributed by atoms with E-state index in [1.807, 2.05) is 0 Å². The summed E-state index contributed by atoms with van der Waals surface area (Å²) in [5.41, 5.74) is 5.44. The summed E-state index contributed by atoms with van der Waals surface area (Å²) in [7, 11) is -3.71. The molecule has 0 radical (unpaired) electrons. The Morgan fingerprint density at radius 1 is 1.33 bits per heavy atom. The fourth-order valence-corrected chi connectivity index (χ4v) is 1.54. The maximum Gasteiger partial charge on any atom is 0.241 e. The molecule has 6 heteroatoms. The molecular weight excluding hydrogens is 216 g/mol. The molecular formula is C9H10N2O3S. The third-order valence-corrected chi connectivity index (χ3v) is 2.54. The van der Waals surface area contributed by atoms with Gasteiger partial charge >= 0.3 is 0 Å². The van der Waals surface area contributed by atoms with Crippen LogP contribution in [0.4, 0.5) is 0 Å². The standard InChI is InChI=1S/C9H10N2O3S/c10-9(12)5-4-7-2-1-3-8(6-7)15(11,13)14/h1-6H,(H2,10,12)(H2,11,13,14). The number of hydrogen-bond acceptors (Lipinski definition) is 3. The highest BCUT2D eigenvalue weighted by Crippen LogP contribution is 2.10. The molecule has 0 aliphatic rings. The molecule has 0 saturated heterocycles. The summed E-state index contributed by atoms with van der Waals surface area (Å²) in [5.74, 6) is -0.601. The van der Waals surface area contributed by atoms with E-state index in [0.717, 1.165) is 6.08 Å². The van der Waals surface area contributed by atoms with Gasteiger partial charge in [-0.05, 0) is 23.8 Å². The van der Waals surface area contributed by atoms with Crippen molar-refractivity contribution in [3.8, 4) is 0 Å². The number of primary sulfonamides is 1. The fraction of sp³-hybridized carbons (Fsp3) is 0. The van der Waals surface area contributed by atoms with Gasteiger partial charge in [0.15, 0.2) is 0 Å². The minimum absolute atomic E-state index is 0.00544. The molecule has 0 bridgehead atoms. The predicted molar refractivity (Wildman–Crippen MR) is 56.0 cm³/mol. The number of hydrogen-bond donors (Lipinski definition) is 2. The van der Waals surface area contributed by atoms with E-state index in [0.29, 0.717) is 5.56 Å². The predicted octanol–water partition coefficient (Wildman–Crippen LogP) is -0.167. The van der Waals surface area contributed by atoms with Crippen LogP contribution in [0.2, 0.25) is 0 Å². The van der Waals surface area contributed by atoms with Crippen LogP contribution in [0.5, 0.6) is 0 Å². The van der Waals surface area contributed by atoms with Gasteiger partial charge in [0, 0.05) is 6.08 Å². The molecule has 0 saturated carbocycles. The van der Waals surface area contributed by atoms with Crippen LogP contribution < -0.4 is 10.9 Å². The van der Waals surface area contributed by atoms with Crippen LogP contribution in [0.3, 0.4) is 0 Å². The zero-order chi connectivity index (χ0) is 11.5. The largest absolute Gasteiger partial charge is 0.366 e. The second kappa shape index (κ2) is 4.24. The van der Waals surface area contributed by atoms with E-state index in [9.17, 15) is 13.2 Å². The van der Waals surface area contributed by atoms with E-state index in [-0.39, 0.29) is 4.90 Å². The second-order valence-corrected chi connectivity index (χ2v) is 4.41. The highest BCUT2D eigenvalue weighted by molar-refractivity contribution is 7.89. The molecule has 0 atom stereocenters. The van der Waals surface area contributed by atoms with E-state index < -0.39 is 15.9 Å². The molecule has 80 valence electrons. The zero-order valence-electron chi connectivity index (χ0n) is 7.75.